The molecule has 0 unspecified atom stereocenters. The Morgan fingerprint density at radius 3 is 2.56 bits per heavy atom. The van der Waals surface area contributed by atoms with Crippen molar-refractivity contribution in [2.45, 2.75) is 12.0 Å². The number of thiophene rings is 1. The molecule has 0 saturated heterocycles. The molecule has 0 aliphatic heterocycles. The quantitative estimate of drug-likeness (QED) is 0.646. The van der Waals surface area contributed by atoms with Gasteiger partial charge in [0, 0.05) is 10.9 Å². The largest absolute Gasteiger partial charge is 0.390 e. The van der Waals surface area contributed by atoms with Crippen molar-refractivity contribution in [3.63, 3.8) is 0 Å². The number of rotatable bonds is 4. The number of halogens is 3. The Balaban J connectivity index is 0.00000225. The normalized spacial score (nSPS) is 13.0. The Kier molecular flexibility index (Phi) is 5.20. The summed E-state index contributed by atoms with van der Waals surface area (Å²) in [6, 6.07) is 0.547. The van der Waals surface area contributed by atoms with Gasteiger partial charge in [-0.2, -0.15) is 0 Å². The standard InChI is InChI=1S/C7H8F2N2O3S.ClH/c8-7(9,3-12)6(10)4-1-2-5(15-4)11(13)14;/h1-2,6,12H,3,10H2;1H/t6-;/m1./s1. The maximum Gasteiger partial charge on any atom is 0.324 e. The highest BCUT2D eigenvalue weighted by Gasteiger charge is 2.38. The number of nitro groups is 1. The van der Waals surface area contributed by atoms with Crippen LogP contribution in [0.5, 0.6) is 0 Å². The zero-order valence-corrected chi connectivity index (χ0v) is 9.43. The van der Waals surface area contributed by atoms with Gasteiger partial charge in [0.05, 0.1) is 4.92 Å². The van der Waals surface area contributed by atoms with E-state index in [4.69, 9.17) is 10.8 Å². The molecule has 1 aromatic rings. The minimum absolute atomic E-state index is 0. The number of aliphatic hydroxyl groups excluding tert-OH is 1. The van der Waals surface area contributed by atoms with Crippen molar-refractivity contribution in [2.75, 3.05) is 6.61 Å². The first-order valence-electron chi connectivity index (χ1n) is 3.87. The second kappa shape index (κ2) is 5.48. The van der Waals surface area contributed by atoms with Gasteiger partial charge in [-0.25, -0.2) is 8.78 Å². The van der Waals surface area contributed by atoms with E-state index in [1.165, 1.54) is 0 Å². The van der Waals surface area contributed by atoms with E-state index >= 15 is 0 Å². The molecule has 0 bridgehead atoms. The zero-order chi connectivity index (χ0) is 11.6. The number of alkyl halides is 2. The van der Waals surface area contributed by atoms with Crippen molar-refractivity contribution in [3.05, 3.63) is 27.1 Å². The number of hydrogen-bond donors (Lipinski definition) is 2. The van der Waals surface area contributed by atoms with Gasteiger partial charge in [-0.3, -0.25) is 10.1 Å². The van der Waals surface area contributed by atoms with Crippen molar-refractivity contribution < 1.29 is 18.8 Å². The van der Waals surface area contributed by atoms with Crippen molar-refractivity contribution in [1.82, 2.24) is 0 Å². The summed E-state index contributed by atoms with van der Waals surface area (Å²) in [5.74, 6) is -3.47. The molecule has 3 N–H and O–H groups in total. The van der Waals surface area contributed by atoms with Crippen LogP contribution in [-0.2, 0) is 0 Å². The van der Waals surface area contributed by atoms with Gasteiger partial charge in [0.15, 0.2) is 0 Å². The lowest BCUT2D eigenvalue weighted by Gasteiger charge is -2.19. The third-order valence-corrected chi connectivity index (χ3v) is 2.88. The number of hydrogen-bond acceptors (Lipinski definition) is 5. The van der Waals surface area contributed by atoms with Crippen molar-refractivity contribution >= 4 is 28.7 Å². The summed E-state index contributed by atoms with van der Waals surface area (Å²) in [7, 11) is 0. The minimum atomic E-state index is -3.47. The second-order valence-corrected chi connectivity index (χ2v) is 3.92. The molecule has 16 heavy (non-hydrogen) atoms. The molecule has 5 nitrogen and oxygen atoms in total. The van der Waals surface area contributed by atoms with Crippen LogP contribution in [0, 0.1) is 10.1 Å². The second-order valence-electron chi connectivity index (χ2n) is 2.83. The molecule has 0 amide bonds. The van der Waals surface area contributed by atoms with Crippen LogP contribution in [0.3, 0.4) is 0 Å². The fourth-order valence-corrected chi connectivity index (χ4v) is 1.80. The van der Waals surface area contributed by atoms with E-state index in [0.29, 0.717) is 11.3 Å². The Bertz CT molecular complexity index is 374. The van der Waals surface area contributed by atoms with Gasteiger partial charge in [-0.1, -0.05) is 11.3 Å². The average molecular weight is 275 g/mol. The van der Waals surface area contributed by atoms with E-state index in [9.17, 15) is 18.9 Å². The topological polar surface area (TPSA) is 89.4 Å². The highest BCUT2D eigenvalue weighted by molar-refractivity contribution is 7.15. The van der Waals surface area contributed by atoms with Crippen molar-refractivity contribution in [2.24, 2.45) is 5.73 Å². The first kappa shape index (κ1) is 15.2. The molecular formula is C7H9ClF2N2O3S. The fraction of sp³-hybridized carbons (Fsp3) is 0.429. The van der Waals surface area contributed by atoms with Gasteiger partial charge in [0.1, 0.15) is 12.6 Å². The van der Waals surface area contributed by atoms with Crippen LogP contribution in [-0.4, -0.2) is 22.6 Å². The first-order chi connectivity index (χ1) is 6.88. The molecule has 0 aliphatic rings. The summed E-state index contributed by atoms with van der Waals surface area (Å²) >= 11 is 0.576. The summed E-state index contributed by atoms with van der Waals surface area (Å²) in [5, 5.41) is 18.4. The van der Waals surface area contributed by atoms with E-state index in [1.807, 2.05) is 0 Å². The highest BCUT2D eigenvalue weighted by Crippen LogP contribution is 2.35. The maximum absolute atomic E-state index is 12.9. The van der Waals surface area contributed by atoms with Gasteiger partial charge in [-0.05, 0) is 6.07 Å². The molecule has 92 valence electrons. The van der Waals surface area contributed by atoms with Crippen LogP contribution >= 0.6 is 23.7 Å². The SMILES string of the molecule is Cl.N[C@H](c1ccc([N+](=O)[O-])s1)C(F)(F)CO. The lowest BCUT2D eigenvalue weighted by atomic mass is 10.1. The third-order valence-electron chi connectivity index (χ3n) is 1.76. The summed E-state index contributed by atoms with van der Waals surface area (Å²) in [4.78, 5) is 9.58. The zero-order valence-electron chi connectivity index (χ0n) is 7.80. The highest BCUT2D eigenvalue weighted by atomic mass is 35.5. The first-order valence-corrected chi connectivity index (χ1v) is 4.68. The predicted molar refractivity (Wildman–Crippen MR) is 57.2 cm³/mol. The van der Waals surface area contributed by atoms with Crippen LogP contribution < -0.4 is 5.73 Å². The summed E-state index contributed by atoms with van der Waals surface area (Å²) in [6.45, 7) is -1.39. The van der Waals surface area contributed by atoms with E-state index in [2.05, 4.69) is 0 Å². The Labute approximate surface area is 99.4 Å². The van der Waals surface area contributed by atoms with Gasteiger partial charge in [-0.15, -0.1) is 12.4 Å². The van der Waals surface area contributed by atoms with Gasteiger partial charge >= 0.3 is 5.00 Å². The minimum Gasteiger partial charge on any atom is -0.390 e. The van der Waals surface area contributed by atoms with E-state index in [-0.39, 0.29) is 22.3 Å². The Hall–Kier alpha value is -0.830. The van der Waals surface area contributed by atoms with Crippen molar-refractivity contribution in [3.8, 4) is 0 Å². The maximum atomic E-state index is 12.9. The molecule has 0 fully saturated rings. The Morgan fingerprint density at radius 2 is 2.19 bits per heavy atom. The molecular weight excluding hydrogens is 266 g/mol. The fourth-order valence-electron chi connectivity index (χ4n) is 0.914. The number of nitrogens with two attached hydrogens (primary N) is 1. The molecule has 1 aromatic heterocycles. The Morgan fingerprint density at radius 1 is 1.62 bits per heavy atom. The van der Waals surface area contributed by atoms with E-state index < -0.39 is 23.5 Å². The van der Waals surface area contributed by atoms with Gasteiger partial charge < -0.3 is 10.8 Å². The van der Waals surface area contributed by atoms with Crippen molar-refractivity contribution in [1.29, 1.82) is 0 Å². The lowest BCUT2D eigenvalue weighted by Crippen LogP contribution is -2.35. The molecule has 0 radical (unpaired) electrons. The monoisotopic (exact) mass is 274 g/mol. The number of aliphatic hydroxyl groups is 1. The van der Waals surface area contributed by atoms with Crippen LogP contribution in [0.2, 0.25) is 0 Å². The van der Waals surface area contributed by atoms with Crippen LogP contribution in [0.1, 0.15) is 10.9 Å². The molecule has 1 rings (SSSR count). The molecule has 1 heterocycles. The van der Waals surface area contributed by atoms with Crippen LogP contribution in [0.25, 0.3) is 0 Å². The van der Waals surface area contributed by atoms with Crippen LogP contribution in [0.4, 0.5) is 13.8 Å². The predicted octanol–water partition coefficient (Wildman–Crippen LogP) is 1.71. The molecule has 1 atom stereocenters. The number of nitrogens with zero attached hydrogens (tertiary/aromatic N) is 1. The molecule has 0 aromatic carbocycles. The summed E-state index contributed by atoms with van der Waals surface area (Å²) in [6.07, 6.45) is 0. The van der Waals surface area contributed by atoms with E-state index in [0.717, 1.165) is 12.1 Å². The smallest absolute Gasteiger partial charge is 0.324 e. The van der Waals surface area contributed by atoms with Gasteiger partial charge in [0.2, 0.25) is 0 Å². The lowest BCUT2D eigenvalue weighted by molar-refractivity contribution is -0.380. The third kappa shape index (κ3) is 3.08. The molecule has 0 aliphatic carbocycles. The average Bonchev–Trinajstić information content (AvgIpc) is 2.65. The van der Waals surface area contributed by atoms with Gasteiger partial charge in [0.25, 0.3) is 5.92 Å². The molecule has 0 spiro atoms. The molecule has 9 heteroatoms. The van der Waals surface area contributed by atoms with Crippen LogP contribution in [0.15, 0.2) is 12.1 Å². The van der Waals surface area contributed by atoms with E-state index in [1.54, 1.807) is 0 Å². The summed E-state index contributed by atoms with van der Waals surface area (Å²) in [5.41, 5.74) is 5.17. The summed E-state index contributed by atoms with van der Waals surface area (Å²) < 4.78 is 25.8. The molecule has 0 saturated carbocycles.